The van der Waals surface area contributed by atoms with Crippen LogP contribution in [0.15, 0.2) is 47.5 Å². The molecule has 3 N–H and O–H groups in total. The van der Waals surface area contributed by atoms with Gasteiger partial charge in [0.05, 0.1) is 6.54 Å². The molecule has 1 unspecified atom stereocenters. The Morgan fingerprint density at radius 1 is 1.20 bits per heavy atom. The molecule has 164 valence electrons. The van der Waals surface area contributed by atoms with Crippen LogP contribution in [0.4, 0.5) is 10.2 Å². The smallest absolute Gasteiger partial charge is 0.227 e. The second-order valence-electron chi connectivity index (χ2n) is 6.49. The Hall–Kier alpha value is -2.43. The Bertz CT molecular complexity index is 817. The van der Waals surface area contributed by atoms with Crippen LogP contribution in [0.25, 0.3) is 0 Å². The topological polar surface area (TPSA) is 87.6 Å². The Labute approximate surface area is 193 Å². The van der Waals surface area contributed by atoms with Crippen molar-refractivity contribution in [1.82, 2.24) is 15.6 Å². The van der Waals surface area contributed by atoms with Crippen molar-refractivity contribution in [3.8, 4) is 5.75 Å². The lowest BCUT2D eigenvalue weighted by atomic mass is 10.3. The predicted octanol–water partition coefficient (Wildman–Crippen LogP) is 3.50. The lowest BCUT2D eigenvalue weighted by Crippen LogP contribution is -2.39. The van der Waals surface area contributed by atoms with Gasteiger partial charge in [0, 0.05) is 25.2 Å². The predicted molar refractivity (Wildman–Crippen MR) is 128 cm³/mol. The molecule has 0 fully saturated rings. The molecule has 0 aliphatic heterocycles. The van der Waals surface area contributed by atoms with Gasteiger partial charge in [-0.05, 0) is 57.2 Å². The summed E-state index contributed by atoms with van der Waals surface area (Å²) >= 11 is 0. The summed E-state index contributed by atoms with van der Waals surface area (Å²) in [5.74, 6) is 1.31. The van der Waals surface area contributed by atoms with Crippen molar-refractivity contribution in [3.05, 3.63) is 54.0 Å². The summed E-state index contributed by atoms with van der Waals surface area (Å²) in [5.41, 5.74) is 0.847. The number of aliphatic imine (C=N–C) groups is 1. The van der Waals surface area contributed by atoms with E-state index in [2.05, 4.69) is 25.9 Å². The minimum Gasteiger partial charge on any atom is -0.489 e. The molecule has 0 aliphatic carbocycles. The first-order valence-corrected chi connectivity index (χ1v) is 9.64. The molecule has 1 heterocycles. The van der Waals surface area contributed by atoms with E-state index in [0.717, 1.165) is 5.69 Å². The van der Waals surface area contributed by atoms with Crippen LogP contribution in [0.1, 0.15) is 26.0 Å². The van der Waals surface area contributed by atoms with Crippen LogP contribution < -0.4 is 20.7 Å². The zero-order valence-electron chi connectivity index (χ0n) is 17.4. The molecule has 1 aromatic heterocycles. The van der Waals surface area contributed by atoms with Crippen molar-refractivity contribution >= 4 is 41.7 Å². The zero-order valence-corrected chi connectivity index (χ0v) is 19.8. The van der Waals surface area contributed by atoms with E-state index in [1.54, 1.807) is 18.2 Å². The molecule has 0 bridgehead atoms. The Morgan fingerprint density at radius 3 is 2.60 bits per heavy atom. The number of anilines is 1. The lowest BCUT2D eigenvalue weighted by molar-refractivity contribution is -0.116. The first-order chi connectivity index (χ1) is 14.0. The van der Waals surface area contributed by atoms with E-state index in [0.29, 0.717) is 37.2 Å². The third-order valence-electron chi connectivity index (χ3n) is 3.80. The fraction of sp³-hybridized carbons (Fsp3) is 0.381. The van der Waals surface area contributed by atoms with Gasteiger partial charge in [-0.2, -0.15) is 0 Å². The van der Waals surface area contributed by atoms with E-state index in [4.69, 9.17) is 4.74 Å². The number of hydrogen-bond acceptors (Lipinski definition) is 4. The number of nitrogens with one attached hydrogen (secondary N) is 3. The number of aryl methyl sites for hydroxylation is 1. The molecule has 0 radical (unpaired) electrons. The average molecular weight is 529 g/mol. The molecule has 0 aliphatic rings. The summed E-state index contributed by atoms with van der Waals surface area (Å²) in [4.78, 5) is 20.8. The minimum atomic E-state index is -0.302. The number of hydrogen-bond donors (Lipinski definition) is 3. The van der Waals surface area contributed by atoms with E-state index in [1.807, 2.05) is 32.9 Å². The third kappa shape index (κ3) is 9.86. The van der Waals surface area contributed by atoms with E-state index in [9.17, 15) is 9.18 Å². The molecule has 0 spiro atoms. The van der Waals surface area contributed by atoms with Gasteiger partial charge < -0.3 is 20.7 Å². The van der Waals surface area contributed by atoms with Gasteiger partial charge in [-0.15, -0.1) is 24.0 Å². The molecule has 0 saturated heterocycles. The molecule has 1 atom stereocenters. The molecule has 1 amide bonds. The number of carbonyl (C=O) groups is 1. The number of rotatable bonds is 9. The number of ether oxygens (including phenoxy) is 1. The maximum atomic E-state index is 13.0. The van der Waals surface area contributed by atoms with Crippen molar-refractivity contribution in [3.63, 3.8) is 0 Å². The quantitative estimate of drug-likeness (QED) is 0.263. The second-order valence-corrected chi connectivity index (χ2v) is 6.49. The number of pyridine rings is 1. The fourth-order valence-electron chi connectivity index (χ4n) is 2.46. The number of benzene rings is 1. The first kappa shape index (κ1) is 25.6. The molecule has 7 nitrogen and oxygen atoms in total. The molecule has 9 heteroatoms. The van der Waals surface area contributed by atoms with Crippen molar-refractivity contribution in [2.24, 2.45) is 4.99 Å². The molecular formula is C21H29FIN5O2. The Balaban J connectivity index is 0.00000450. The molecule has 1 aromatic carbocycles. The Morgan fingerprint density at radius 2 is 1.93 bits per heavy atom. The standard InChI is InChI=1S/C21H28FN5O2.HI/c1-4-23-21(25-14-16(3)29-18-10-8-17(22)9-11-18)24-13-12-20(28)27-19-7-5-6-15(2)26-19;/h5-11,16H,4,12-14H2,1-3H3,(H2,23,24,25)(H,26,27,28);1H. The number of nitrogens with zero attached hydrogens (tertiary/aromatic N) is 2. The summed E-state index contributed by atoms with van der Waals surface area (Å²) < 4.78 is 18.7. The molecule has 2 aromatic rings. The highest BCUT2D eigenvalue weighted by Gasteiger charge is 2.07. The average Bonchev–Trinajstić information content (AvgIpc) is 2.68. The largest absolute Gasteiger partial charge is 0.489 e. The third-order valence-corrected chi connectivity index (χ3v) is 3.80. The SMILES string of the molecule is CCNC(=NCC(C)Oc1ccc(F)cc1)NCCC(=O)Nc1cccc(C)n1.I. The molecular weight excluding hydrogens is 500 g/mol. The maximum Gasteiger partial charge on any atom is 0.227 e. The zero-order chi connectivity index (χ0) is 21.1. The van der Waals surface area contributed by atoms with Gasteiger partial charge in [0.2, 0.25) is 5.91 Å². The number of guanidine groups is 1. The van der Waals surface area contributed by atoms with Gasteiger partial charge in [0.15, 0.2) is 5.96 Å². The lowest BCUT2D eigenvalue weighted by Gasteiger charge is -2.15. The second kappa shape index (κ2) is 13.7. The fourth-order valence-corrected chi connectivity index (χ4v) is 2.46. The van der Waals surface area contributed by atoms with Gasteiger partial charge in [0.1, 0.15) is 23.5 Å². The van der Waals surface area contributed by atoms with Crippen molar-refractivity contribution in [2.75, 3.05) is 25.0 Å². The highest BCUT2D eigenvalue weighted by atomic mass is 127. The number of carbonyl (C=O) groups excluding carboxylic acids is 1. The minimum absolute atomic E-state index is 0. The summed E-state index contributed by atoms with van der Waals surface area (Å²) in [5, 5.41) is 9.03. The van der Waals surface area contributed by atoms with Crippen molar-refractivity contribution in [2.45, 2.75) is 33.3 Å². The van der Waals surface area contributed by atoms with Crippen LogP contribution in [-0.4, -0.2) is 42.6 Å². The maximum absolute atomic E-state index is 13.0. The molecule has 0 saturated carbocycles. The van der Waals surface area contributed by atoms with E-state index >= 15 is 0 Å². The van der Waals surface area contributed by atoms with Gasteiger partial charge in [-0.3, -0.25) is 4.79 Å². The van der Waals surface area contributed by atoms with Gasteiger partial charge in [-0.1, -0.05) is 6.07 Å². The molecule has 2 rings (SSSR count). The summed E-state index contributed by atoms with van der Waals surface area (Å²) in [6.45, 7) is 7.25. The highest BCUT2D eigenvalue weighted by molar-refractivity contribution is 14.0. The number of halogens is 2. The van der Waals surface area contributed by atoms with E-state index in [1.165, 1.54) is 12.1 Å². The highest BCUT2D eigenvalue weighted by Crippen LogP contribution is 2.13. The van der Waals surface area contributed by atoms with Gasteiger partial charge in [0.25, 0.3) is 0 Å². The van der Waals surface area contributed by atoms with Crippen LogP contribution >= 0.6 is 24.0 Å². The van der Waals surface area contributed by atoms with Crippen LogP contribution in [-0.2, 0) is 4.79 Å². The van der Waals surface area contributed by atoms with E-state index in [-0.39, 0.29) is 48.2 Å². The summed E-state index contributed by atoms with van der Waals surface area (Å²) in [6, 6.07) is 11.4. The van der Waals surface area contributed by atoms with Crippen molar-refractivity contribution in [1.29, 1.82) is 0 Å². The van der Waals surface area contributed by atoms with Gasteiger partial charge in [-0.25, -0.2) is 14.4 Å². The van der Waals surface area contributed by atoms with Gasteiger partial charge >= 0.3 is 0 Å². The summed E-state index contributed by atoms with van der Waals surface area (Å²) in [7, 11) is 0. The monoisotopic (exact) mass is 529 g/mol. The van der Waals surface area contributed by atoms with Crippen LogP contribution in [0.3, 0.4) is 0 Å². The van der Waals surface area contributed by atoms with Crippen LogP contribution in [0.2, 0.25) is 0 Å². The normalized spacial score (nSPS) is 11.8. The van der Waals surface area contributed by atoms with E-state index < -0.39 is 0 Å². The number of aromatic nitrogens is 1. The number of amides is 1. The van der Waals surface area contributed by atoms with Crippen molar-refractivity contribution < 1.29 is 13.9 Å². The van der Waals surface area contributed by atoms with Crippen LogP contribution in [0, 0.1) is 12.7 Å². The molecule has 30 heavy (non-hydrogen) atoms. The first-order valence-electron chi connectivity index (χ1n) is 9.64. The Kier molecular flexibility index (Phi) is 11.7. The van der Waals surface area contributed by atoms with Crippen LogP contribution in [0.5, 0.6) is 5.75 Å². The summed E-state index contributed by atoms with van der Waals surface area (Å²) in [6.07, 6.45) is 0.0911.